The Bertz CT molecular complexity index is 1380. The minimum atomic E-state index is -0.604. The van der Waals surface area contributed by atoms with Gasteiger partial charge in [0.25, 0.3) is 11.1 Å². The van der Waals surface area contributed by atoms with Gasteiger partial charge < -0.3 is 10.1 Å². The van der Waals surface area contributed by atoms with E-state index in [1.54, 1.807) is 36.4 Å². The van der Waals surface area contributed by atoms with E-state index >= 15 is 0 Å². The van der Waals surface area contributed by atoms with Gasteiger partial charge in [-0.3, -0.25) is 19.3 Å². The number of ether oxygens (including phenoxy) is 1. The maximum Gasteiger partial charge on any atom is 0.294 e. The number of amides is 3. The van der Waals surface area contributed by atoms with Crippen molar-refractivity contribution < 1.29 is 23.5 Å². The topological polar surface area (TPSA) is 75.7 Å². The van der Waals surface area contributed by atoms with Crippen LogP contribution in [0.25, 0.3) is 6.08 Å². The Morgan fingerprint density at radius 3 is 2.44 bits per heavy atom. The highest BCUT2D eigenvalue weighted by atomic mass is 35.5. The third-order valence-corrected chi connectivity index (χ3v) is 6.74. The average Bonchev–Trinajstić information content (AvgIpc) is 3.08. The lowest BCUT2D eigenvalue weighted by Gasteiger charge is -2.12. The second kappa shape index (κ2) is 11.3. The Hall–Kier alpha value is -3.04. The molecule has 36 heavy (non-hydrogen) atoms. The molecule has 6 nitrogen and oxygen atoms in total. The van der Waals surface area contributed by atoms with Gasteiger partial charge in [-0.25, -0.2) is 4.39 Å². The normalized spacial score (nSPS) is 14.4. The number of nitrogens with zero attached hydrogens (tertiary/aromatic N) is 1. The Morgan fingerprint density at radius 2 is 1.75 bits per heavy atom. The highest BCUT2D eigenvalue weighted by Gasteiger charge is 2.36. The molecule has 1 saturated heterocycles. The molecular weight excluding hydrogens is 550 g/mol. The summed E-state index contributed by atoms with van der Waals surface area (Å²) >= 11 is 19.1. The van der Waals surface area contributed by atoms with E-state index in [-0.39, 0.29) is 11.5 Å². The summed E-state index contributed by atoms with van der Waals surface area (Å²) in [6.07, 6.45) is 1.51. The van der Waals surface area contributed by atoms with Crippen LogP contribution in [-0.4, -0.2) is 28.5 Å². The molecule has 3 aromatic carbocycles. The molecule has 0 aromatic heterocycles. The fourth-order valence-corrected chi connectivity index (χ4v) is 4.73. The van der Waals surface area contributed by atoms with Gasteiger partial charge in [-0.15, -0.1) is 0 Å². The van der Waals surface area contributed by atoms with E-state index in [2.05, 4.69) is 5.32 Å². The third-order valence-electron chi connectivity index (χ3n) is 4.96. The van der Waals surface area contributed by atoms with Crippen LogP contribution in [0.4, 0.5) is 14.9 Å². The van der Waals surface area contributed by atoms with Gasteiger partial charge in [0.05, 0.1) is 9.93 Å². The summed E-state index contributed by atoms with van der Waals surface area (Å²) in [6.45, 7) is -0.298. The Labute approximate surface area is 225 Å². The molecule has 1 aliphatic heterocycles. The van der Waals surface area contributed by atoms with E-state index in [1.165, 1.54) is 30.3 Å². The summed E-state index contributed by atoms with van der Waals surface area (Å²) in [7, 11) is 0. The van der Waals surface area contributed by atoms with Crippen LogP contribution in [0.3, 0.4) is 0 Å². The van der Waals surface area contributed by atoms with E-state index in [0.29, 0.717) is 43.8 Å². The van der Waals surface area contributed by atoms with Crippen LogP contribution in [0.15, 0.2) is 65.6 Å². The lowest BCUT2D eigenvalue weighted by atomic mass is 10.2. The molecule has 0 atom stereocenters. The predicted octanol–water partition coefficient (Wildman–Crippen LogP) is 7.04. The fraction of sp³-hybridized carbons (Fsp3) is 0.0800. The molecule has 3 aromatic rings. The number of thioether (sulfide) groups is 1. The molecule has 184 valence electrons. The average molecular weight is 566 g/mol. The molecule has 0 aliphatic carbocycles. The molecule has 3 amide bonds. The van der Waals surface area contributed by atoms with Crippen LogP contribution in [0.5, 0.6) is 5.75 Å². The number of carbonyl (C=O) groups excluding carboxylic acids is 3. The van der Waals surface area contributed by atoms with E-state index in [9.17, 15) is 18.8 Å². The van der Waals surface area contributed by atoms with Crippen molar-refractivity contribution in [1.29, 1.82) is 0 Å². The van der Waals surface area contributed by atoms with Crippen LogP contribution in [0.2, 0.25) is 15.1 Å². The second-order valence-electron chi connectivity index (χ2n) is 7.54. The van der Waals surface area contributed by atoms with Gasteiger partial charge in [-0.1, -0.05) is 46.9 Å². The van der Waals surface area contributed by atoms with Crippen LogP contribution >= 0.6 is 46.6 Å². The number of hydrogen-bond donors (Lipinski definition) is 1. The number of hydrogen-bond acceptors (Lipinski definition) is 5. The summed E-state index contributed by atoms with van der Waals surface area (Å²) in [6, 6.07) is 15.1. The van der Waals surface area contributed by atoms with Crippen molar-refractivity contribution in [2.75, 3.05) is 11.9 Å². The highest BCUT2D eigenvalue weighted by molar-refractivity contribution is 8.18. The maximum atomic E-state index is 13.0. The molecule has 0 bridgehead atoms. The van der Waals surface area contributed by atoms with Gasteiger partial charge in [-0.2, -0.15) is 0 Å². The van der Waals surface area contributed by atoms with Crippen molar-refractivity contribution in [2.24, 2.45) is 0 Å². The number of imide groups is 1. The Morgan fingerprint density at radius 1 is 1.00 bits per heavy atom. The van der Waals surface area contributed by atoms with Gasteiger partial charge in [0.2, 0.25) is 5.91 Å². The SMILES string of the molecule is O=C(CN1C(=O)S/C(=C\c2ccc(OCc3ccc(Cl)cc3Cl)c(Cl)c2)C1=O)Nc1ccc(F)cc1. The van der Waals surface area contributed by atoms with Crippen molar-refractivity contribution >= 4 is 75.4 Å². The number of rotatable bonds is 7. The molecule has 1 aliphatic rings. The Balaban J connectivity index is 1.40. The fourth-order valence-electron chi connectivity index (χ4n) is 3.18. The lowest BCUT2D eigenvalue weighted by molar-refractivity contribution is -0.127. The summed E-state index contributed by atoms with van der Waals surface area (Å²) in [5.41, 5.74) is 1.65. The first-order valence-electron chi connectivity index (χ1n) is 10.4. The van der Waals surface area contributed by atoms with Gasteiger partial charge in [0, 0.05) is 21.3 Å². The number of benzene rings is 3. The number of nitrogens with one attached hydrogen (secondary N) is 1. The van der Waals surface area contributed by atoms with Gasteiger partial charge in [0.15, 0.2) is 0 Å². The smallest absolute Gasteiger partial charge is 0.294 e. The van der Waals surface area contributed by atoms with Crippen molar-refractivity contribution in [1.82, 2.24) is 4.90 Å². The van der Waals surface area contributed by atoms with Crippen molar-refractivity contribution in [3.05, 3.63) is 97.6 Å². The molecule has 1 N–H and O–H groups in total. The summed E-state index contributed by atoms with van der Waals surface area (Å²) < 4.78 is 18.8. The zero-order valence-corrected chi connectivity index (χ0v) is 21.3. The highest BCUT2D eigenvalue weighted by Crippen LogP contribution is 2.34. The first kappa shape index (κ1) is 26.0. The molecule has 11 heteroatoms. The maximum absolute atomic E-state index is 13.0. The van der Waals surface area contributed by atoms with Gasteiger partial charge in [-0.05, 0) is 71.9 Å². The molecular formula is C25H16Cl3FN2O4S. The van der Waals surface area contributed by atoms with Crippen LogP contribution < -0.4 is 10.1 Å². The minimum Gasteiger partial charge on any atom is -0.487 e. The number of halogens is 4. The van der Waals surface area contributed by atoms with Crippen LogP contribution in [0.1, 0.15) is 11.1 Å². The second-order valence-corrected chi connectivity index (χ2v) is 9.78. The first-order chi connectivity index (χ1) is 17.2. The quantitative estimate of drug-likeness (QED) is 0.311. The molecule has 0 unspecified atom stereocenters. The van der Waals surface area contributed by atoms with E-state index in [0.717, 1.165) is 10.5 Å². The van der Waals surface area contributed by atoms with Gasteiger partial charge in [0.1, 0.15) is 24.7 Å². The van der Waals surface area contributed by atoms with Crippen LogP contribution in [-0.2, 0) is 16.2 Å². The Kier molecular flexibility index (Phi) is 8.21. The number of carbonyl (C=O) groups is 3. The van der Waals surface area contributed by atoms with Crippen LogP contribution in [0, 0.1) is 5.82 Å². The summed E-state index contributed by atoms with van der Waals surface area (Å²) in [5, 5.41) is 3.23. The van der Waals surface area contributed by atoms with E-state index in [4.69, 9.17) is 39.5 Å². The van der Waals surface area contributed by atoms with Gasteiger partial charge >= 0.3 is 0 Å². The molecule has 1 fully saturated rings. The molecule has 0 saturated carbocycles. The minimum absolute atomic E-state index is 0.146. The molecule has 0 spiro atoms. The summed E-state index contributed by atoms with van der Waals surface area (Å²) in [5.74, 6) is -1.23. The molecule has 1 heterocycles. The van der Waals surface area contributed by atoms with Crippen molar-refractivity contribution in [3.63, 3.8) is 0 Å². The van der Waals surface area contributed by atoms with Crippen molar-refractivity contribution in [3.8, 4) is 5.75 Å². The standard InChI is InChI=1S/C25H16Cl3FN2O4S/c26-16-3-2-15(19(27)11-16)13-35-21-8-1-14(9-20(21)28)10-22-24(33)31(25(34)36-22)12-23(32)30-18-6-4-17(29)5-7-18/h1-11H,12-13H2,(H,30,32)/b22-10-. The number of anilines is 1. The zero-order chi connectivity index (χ0) is 25.8. The molecule has 0 radical (unpaired) electrons. The monoisotopic (exact) mass is 564 g/mol. The third kappa shape index (κ3) is 6.39. The lowest BCUT2D eigenvalue weighted by Crippen LogP contribution is -2.36. The van der Waals surface area contributed by atoms with Crippen molar-refractivity contribution in [2.45, 2.75) is 6.61 Å². The zero-order valence-electron chi connectivity index (χ0n) is 18.3. The van der Waals surface area contributed by atoms with E-state index < -0.39 is 29.4 Å². The first-order valence-corrected chi connectivity index (χ1v) is 12.3. The predicted molar refractivity (Wildman–Crippen MR) is 140 cm³/mol. The van der Waals surface area contributed by atoms with E-state index in [1.807, 2.05) is 0 Å². The summed E-state index contributed by atoms with van der Waals surface area (Å²) in [4.78, 5) is 38.3. The molecule has 4 rings (SSSR count). The largest absolute Gasteiger partial charge is 0.487 e.